The molecule has 0 N–H and O–H groups in total. The average Bonchev–Trinajstić information content (AvgIpc) is 2.52. The highest BCUT2D eigenvalue weighted by molar-refractivity contribution is 5.20. The molecule has 0 atom stereocenters. The average molecular weight is 226 g/mol. The van der Waals surface area contributed by atoms with Crippen LogP contribution in [0.2, 0.25) is 0 Å². The lowest BCUT2D eigenvalue weighted by Gasteiger charge is -2.50. The van der Waals surface area contributed by atoms with E-state index in [0.29, 0.717) is 5.54 Å². The molecular weight excluding hydrogens is 204 g/mol. The minimum absolute atomic E-state index is 0.250. The molecule has 2 aliphatic rings. The van der Waals surface area contributed by atoms with E-state index in [9.17, 15) is 0 Å². The van der Waals surface area contributed by atoms with Crippen LogP contribution in [0.15, 0.2) is 0 Å². The van der Waals surface area contributed by atoms with Gasteiger partial charge in [0.05, 0.1) is 0 Å². The SMILES string of the molecule is CC(C)(C)N1CC(N2CCCC2)C1.O=C=O. The Morgan fingerprint density at radius 1 is 1.06 bits per heavy atom. The van der Waals surface area contributed by atoms with Gasteiger partial charge in [-0.25, -0.2) is 0 Å². The molecule has 2 rings (SSSR count). The van der Waals surface area contributed by atoms with Crippen molar-refractivity contribution < 1.29 is 9.59 Å². The van der Waals surface area contributed by atoms with Crippen LogP contribution in [0.3, 0.4) is 0 Å². The summed E-state index contributed by atoms with van der Waals surface area (Å²) >= 11 is 0. The molecule has 0 aliphatic carbocycles. The molecule has 16 heavy (non-hydrogen) atoms. The Kier molecular flexibility index (Phi) is 4.66. The van der Waals surface area contributed by atoms with Crippen LogP contribution in [-0.4, -0.2) is 53.7 Å². The lowest BCUT2D eigenvalue weighted by molar-refractivity contribution is -0.191. The first-order valence-electron chi connectivity index (χ1n) is 5.97. The Morgan fingerprint density at radius 2 is 1.50 bits per heavy atom. The molecule has 2 saturated heterocycles. The van der Waals surface area contributed by atoms with E-state index in [2.05, 4.69) is 30.6 Å². The monoisotopic (exact) mass is 226 g/mol. The molecule has 0 amide bonds. The molecule has 92 valence electrons. The summed E-state index contributed by atoms with van der Waals surface area (Å²) in [4.78, 5) is 21.5. The predicted octanol–water partition coefficient (Wildman–Crippen LogP) is 0.981. The summed E-state index contributed by atoms with van der Waals surface area (Å²) in [6.45, 7) is 12.2. The maximum Gasteiger partial charge on any atom is 0.373 e. The summed E-state index contributed by atoms with van der Waals surface area (Å²) in [7, 11) is 0. The summed E-state index contributed by atoms with van der Waals surface area (Å²) in [6, 6.07) is 0.877. The van der Waals surface area contributed by atoms with E-state index < -0.39 is 0 Å². The molecule has 4 nitrogen and oxygen atoms in total. The Morgan fingerprint density at radius 3 is 1.88 bits per heavy atom. The Labute approximate surface area is 97.6 Å². The summed E-state index contributed by atoms with van der Waals surface area (Å²) in [6.07, 6.45) is 3.10. The van der Waals surface area contributed by atoms with Crippen LogP contribution in [-0.2, 0) is 9.59 Å². The first kappa shape index (κ1) is 13.4. The fourth-order valence-corrected chi connectivity index (χ4v) is 2.34. The topological polar surface area (TPSA) is 40.6 Å². The van der Waals surface area contributed by atoms with Crippen LogP contribution in [0, 0.1) is 0 Å². The molecule has 0 bridgehead atoms. The molecule has 0 aromatic rings. The molecule has 0 spiro atoms. The Hall–Kier alpha value is -0.700. The van der Waals surface area contributed by atoms with E-state index in [-0.39, 0.29) is 6.15 Å². The van der Waals surface area contributed by atoms with Gasteiger partial charge in [-0.1, -0.05) is 0 Å². The van der Waals surface area contributed by atoms with Gasteiger partial charge in [-0.15, -0.1) is 0 Å². The van der Waals surface area contributed by atoms with Gasteiger partial charge in [0.1, 0.15) is 0 Å². The molecule has 0 aromatic carbocycles. The maximum atomic E-state index is 8.12. The van der Waals surface area contributed by atoms with Gasteiger partial charge in [0.25, 0.3) is 0 Å². The minimum Gasteiger partial charge on any atom is -0.298 e. The van der Waals surface area contributed by atoms with Crippen LogP contribution in [0.25, 0.3) is 0 Å². The van der Waals surface area contributed by atoms with Crippen molar-refractivity contribution in [2.24, 2.45) is 0 Å². The largest absolute Gasteiger partial charge is 0.373 e. The van der Waals surface area contributed by atoms with E-state index in [4.69, 9.17) is 9.59 Å². The second kappa shape index (κ2) is 5.58. The smallest absolute Gasteiger partial charge is 0.298 e. The number of nitrogens with zero attached hydrogens (tertiary/aromatic N) is 2. The van der Waals surface area contributed by atoms with Crippen molar-refractivity contribution in [3.05, 3.63) is 0 Å². The van der Waals surface area contributed by atoms with Crippen molar-refractivity contribution in [2.45, 2.75) is 45.2 Å². The lowest BCUT2D eigenvalue weighted by atomic mass is 9.97. The molecule has 2 fully saturated rings. The van der Waals surface area contributed by atoms with Crippen LogP contribution < -0.4 is 0 Å². The van der Waals surface area contributed by atoms with Crippen molar-refractivity contribution in [3.8, 4) is 0 Å². The molecule has 2 heterocycles. The third-order valence-corrected chi connectivity index (χ3v) is 3.47. The van der Waals surface area contributed by atoms with E-state index in [1.807, 2.05) is 0 Å². The zero-order chi connectivity index (χ0) is 12.2. The number of likely N-dealkylation sites (tertiary alicyclic amines) is 2. The number of hydrogen-bond acceptors (Lipinski definition) is 4. The molecular formula is C12H22N2O2. The van der Waals surface area contributed by atoms with Crippen molar-refractivity contribution in [1.29, 1.82) is 0 Å². The van der Waals surface area contributed by atoms with Crippen molar-refractivity contribution in [3.63, 3.8) is 0 Å². The summed E-state index contributed by atoms with van der Waals surface area (Å²) in [5.41, 5.74) is 0.385. The fraction of sp³-hybridized carbons (Fsp3) is 0.917. The van der Waals surface area contributed by atoms with E-state index in [0.717, 1.165) is 6.04 Å². The van der Waals surface area contributed by atoms with E-state index >= 15 is 0 Å². The third kappa shape index (κ3) is 3.41. The van der Waals surface area contributed by atoms with Crippen molar-refractivity contribution in [1.82, 2.24) is 9.80 Å². The first-order chi connectivity index (χ1) is 7.49. The Balaban J connectivity index is 0.000000386. The standard InChI is InChI=1S/C11H22N2.CO2/c1-11(2,3)13-8-10(9-13)12-6-4-5-7-12;2-1-3/h10H,4-9H2,1-3H3;. The van der Waals surface area contributed by atoms with Gasteiger partial charge in [-0.3, -0.25) is 9.80 Å². The van der Waals surface area contributed by atoms with Gasteiger partial charge < -0.3 is 0 Å². The molecule has 4 heteroatoms. The summed E-state index contributed by atoms with van der Waals surface area (Å²) in [5, 5.41) is 0. The van der Waals surface area contributed by atoms with Gasteiger partial charge in [-0.05, 0) is 46.7 Å². The minimum atomic E-state index is 0.250. The highest BCUT2D eigenvalue weighted by Gasteiger charge is 2.37. The van der Waals surface area contributed by atoms with Gasteiger partial charge in [0.2, 0.25) is 0 Å². The quantitative estimate of drug-likeness (QED) is 0.668. The second-order valence-corrected chi connectivity index (χ2v) is 5.56. The predicted molar refractivity (Wildman–Crippen MR) is 60.9 cm³/mol. The van der Waals surface area contributed by atoms with Crippen LogP contribution >= 0.6 is 0 Å². The van der Waals surface area contributed by atoms with E-state index in [1.54, 1.807) is 0 Å². The fourth-order valence-electron chi connectivity index (χ4n) is 2.34. The zero-order valence-electron chi connectivity index (χ0n) is 10.5. The second-order valence-electron chi connectivity index (χ2n) is 5.56. The number of rotatable bonds is 1. The summed E-state index contributed by atoms with van der Waals surface area (Å²) in [5.74, 6) is 0. The number of hydrogen-bond donors (Lipinski definition) is 0. The molecule has 0 radical (unpaired) electrons. The molecule has 0 saturated carbocycles. The molecule has 0 aromatic heterocycles. The number of carbonyl (C=O) groups excluding carboxylic acids is 2. The molecule has 0 unspecified atom stereocenters. The van der Waals surface area contributed by atoms with Gasteiger partial charge in [0, 0.05) is 24.7 Å². The first-order valence-corrected chi connectivity index (χ1v) is 5.97. The third-order valence-electron chi connectivity index (χ3n) is 3.47. The normalized spacial score (nSPS) is 23.2. The summed E-state index contributed by atoms with van der Waals surface area (Å²) < 4.78 is 0. The van der Waals surface area contributed by atoms with Gasteiger partial charge in [-0.2, -0.15) is 9.59 Å². The van der Waals surface area contributed by atoms with Crippen molar-refractivity contribution >= 4 is 6.15 Å². The van der Waals surface area contributed by atoms with Crippen LogP contribution in [0.4, 0.5) is 0 Å². The lowest BCUT2D eigenvalue weighted by Crippen LogP contribution is -2.64. The van der Waals surface area contributed by atoms with Gasteiger partial charge >= 0.3 is 6.15 Å². The van der Waals surface area contributed by atoms with E-state index in [1.165, 1.54) is 39.0 Å². The van der Waals surface area contributed by atoms with Crippen LogP contribution in [0.5, 0.6) is 0 Å². The highest BCUT2D eigenvalue weighted by Crippen LogP contribution is 2.26. The van der Waals surface area contributed by atoms with Gasteiger partial charge in [0.15, 0.2) is 0 Å². The van der Waals surface area contributed by atoms with Crippen LogP contribution in [0.1, 0.15) is 33.6 Å². The maximum absolute atomic E-state index is 8.12. The molecule has 2 aliphatic heterocycles. The highest BCUT2D eigenvalue weighted by atomic mass is 16.2. The Bertz CT molecular complexity index is 242. The van der Waals surface area contributed by atoms with Crippen molar-refractivity contribution in [2.75, 3.05) is 26.2 Å². The zero-order valence-corrected chi connectivity index (χ0v) is 10.5.